The van der Waals surface area contributed by atoms with E-state index < -0.39 is 5.41 Å². The lowest BCUT2D eigenvalue weighted by molar-refractivity contribution is -0.142. The molecule has 0 aliphatic heterocycles. The van der Waals surface area contributed by atoms with Gasteiger partial charge in [0.05, 0.1) is 23.5 Å². The van der Waals surface area contributed by atoms with E-state index in [2.05, 4.69) is 0 Å². The zero-order valence-electron chi connectivity index (χ0n) is 15.2. The van der Waals surface area contributed by atoms with E-state index in [0.717, 1.165) is 0 Å². The van der Waals surface area contributed by atoms with Crippen LogP contribution in [0.3, 0.4) is 0 Å². The van der Waals surface area contributed by atoms with Gasteiger partial charge in [-0.15, -0.1) is 0 Å². The minimum Gasteiger partial charge on any atom is -0.496 e. The van der Waals surface area contributed by atoms with Gasteiger partial charge in [0.1, 0.15) is 23.3 Å². The van der Waals surface area contributed by atoms with Crippen molar-refractivity contribution in [2.24, 2.45) is 5.41 Å². The number of carbonyl (C=O) groups is 1. The molecule has 0 amide bonds. The van der Waals surface area contributed by atoms with Crippen LogP contribution in [-0.4, -0.2) is 13.1 Å². The maximum atomic E-state index is 12.9. The number of rotatable bonds is 3. The highest BCUT2D eigenvalue weighted by molar-refractivity contribution is 5.85. The van der Waals surface area contributed by atoms with Crippen molar-refractivity contribution in [2.75, 3.05) is 7.11 Å². The second-order valence-corrected chi connectivity index (χ2v) is 6.98. The van der Waals surface area contributed by atoms with Crippen molar-refractivity contribution in [1.82, 2.24) is 0 Å². The Morgan fingerprint density at radius 1 is 1.04 bits per heavy atom. The Morgan fingerprint density at radius 3 is 2.46 bits per heavy atom. The van der Waals surface area contributed by atoms with E-state index in [1.165, 1.54) is 6.26 Å². The second-order valence-electron chi connectivity index (χ2n) is 6.98. The Bertz CT molecular complexity index is 1020. The van der Waals surface area contributed by atoms with Crippen molar-refractivity contribution >= 4 is 16.9 Å². The molecule has 134 valence electrons. The molecule has 1 heterocycles. The van der Waals surface area contributed by atoms with E-state index in [-0.39, 0.29) is 11.4 Å². The molecule has 5 heteroatoms. The van der Waals surface area contributed by atoms with Crippen molar-refractivity contribution in [1.29, 1.82) is 0 Å². The summed E-state index contributed by atoms with van der Waals surface area (Å²) in [5.74, 6) is 0.574. The van der Waals surface area contributed by atoms with Crippen LogP contribution < -0.4 is 14.9 Å². The minimum atomic E-state index is -0.622. The first-order valence-electron chi connectivity index (χ1n) is 8.22. The topological polar surface area (TPSA) is 65.7 Å². The largest absolute Gasteiger partial charge is 0.496 e. The van der Waals surface area contributed by atoms with Crippen LogP contribution in [0.5, 0.6) is 11.5 Å². The average molecular weight is 352 g/mol. The molecule has 0 radical (unpaired) electrons. The van der Waals surface area contributed by atoms with E-state index in [4.69, 9.17) is 13.9 Å². The van der Waals surface area contributed by atoms with Crippen LogP contribution in [0.1, 0.15) is 20.8 Å². The molecule has 0 fully saturated rings. The highest BCUT2D eigenvalue weighted by Gasteiger charge is 2.24. The Morgan fingerprint density at radius 2 is 1.77 bits per heavy atom. The number of methoxy groups -OCH3 is 1. The van der Waals surface area contributed by atoms with Crippen LogP contribution in [0.15, 0.2) is 57.9 Å². The molecule has 0 atom stereocenters. The van der Waals surface area contributed by atoms with Crippen LogP contribution in [0.2, 0.25) is 0 Å². The van der Waals surface area contributed by atoms with Gasteiger partial charge >= 0.3 is 5.97 Å². The minimum absolute atomic E-state index is 0.176. The van der Waals surface area contributed by atoms with E-state index in [1.807, 2.05) is 12.1 Å². The molecule has 0 spiro atoms. The summed E-state index contributed by atoms with van der Waals surface area (Å²) in [4.78, 5) is 24.9. The first-order chi connectivity index (χ1) is 12.3. The third-order valence-corrected chi connectivity index (χ3v) is 3.97. The standard InChI is InChI=1S/C21H20O5/c1-21(2,3)20(23)26-13-9-10-15-18(11-13)25-12-16(19(15)22)14-7-5-6-8-17(14)24-4/h5-12H,1-4H3. The van der Waals surface area contributed by atoms with Crippen LogP contribution >= 0.6 is 0 Å². The lowest BCUT2D eigenvalue weighted by Crippen LogP contribution is -2.25. The highest BCUT2D eigenvalue weighted by atomic mass is 16.5. The quantitative estimate of drug-likeness (QED) is 0.516. The fourth-order valence-electron chi connectivity index (χ4n) is 2.49. The predicted molar refractivity (Wildman–Crippen MR) is 99.6 cm³/mol. The van der Waals surface area contributed by atoms with Gasteiger partial charge in [0, 0.05) is 11.6 Å². The number of para-hydroxylation sites is 1. The van der Waals surface area contributed by atoms with Gasteiger partial charge in [-0.1, -0.05) is 18.2 Å². The van der Waals surface area contributed by atoms with Crippen LogP contribution in [0.25, 0.3) is 22.1 Å². The fraction of sp³-hybridized carbons (Fsp3) is 0.238. The third kappa shape index (κ3) is 3.33. The van der Waals surface area contributed by atoms with Gasteiger partial charge in [0.25, 0.3) is 0 Å². The summed E-state index contributed by atoms with van der Waals surface area (Å²) in [6, 6.07) is 12.0. The van der Waals surface area contributed by atoms with Crippen LogP contribution in [0, 0.1) is 5.41 Å². The molecule has 0 bridgehead atoms. The molecule has 0 saturated carbocycles. The molecular weight excluding hydrogens is 332 g/mol. The van der Waals surface area contributed by atoms with E-state index in [9.17, 15) is 9.59 Å². The number of carbonyl (C=O) groups excluding carboxylic acids is 1. The van der Waals surface area contributed by atoms with E-state index in [0.29, 0.717) is 33.6 Å². The molecule has 0 saturated heterocycles. The molecule has 0 unspecified atom stereocenters. The number of benzene rings is 2. The Hall–Kier alpha value is -3.08. The zero-order valence-corrected chi connectivity index (χ0v) is 15.2. The molecule has 0 N–H and O–H groups in total. The summed E-state index contributed by atoms with van der Waals surface area (Å²) in [5, 5.41) is 0.406. The maximum absolute atomic E-state index is 12.9. The first-order valence-corrected chi connectivity index (χ1v) is 8.22. The van der Waals surface area contributed by atoms with Crippen molar-refractivity contribution in [3.63, 3.8) is 0 Å². The lowest BCUT2D eigenvalue weighted by atomic mass is 9.97. The van der Waals surface area contributed by atoms with Crippen molar-refractivity contribution in [2.45, 2.75) is 20.8 Å². The zero-order chi connectivity index (χ0) is 18.9. The number of hydrogen-bond donors (Lipinski definition) is 0. The first kappa shape index (κ1) is 17.7. The molecule has 5 nitrogen and oxygen atoms in total. The molecule has 0 aliphatic rings. The smallest absolute Gasteiger partial charge is 0.316 e. The fourth-order valence-corrected chi connectivity index (χ4v) is 2.49. The monoisotopic (exact) mass is 352 g/mol. The van der Waals surface area contributed by atoms with Crippen molar-refractivity contribution in [3.8, 4) is 22.6 Å². The van der Waals surface area contributed by atoms with Gasteiger partial charge in [-0.25, -0.2) is 0 Å². The summed E-state index contributed by atoms with van der Waals surface area (Å²) in [6.07, 6.45) is 1.40. The summed E-state index contributed by atoms with van der Waals surface area (Å²) in [6.45, 7) is 5.32. The van der Waals surface area contributed by atoms with Gasteiger partial charge < -0.3 is 13.9 Å². The Balaban J connectivity index is 2.05. The van der Waals surface area contributed by atoms with Crippen LogP contribution in [0.4, 0.5) is 0 Å². The molecular formula is C21H20O5. The molecule has 3 rings (SSSR count). The molecule has 3 aromatic rings. The maximum Gasteiger partial charge on any atom is 0.316 e. The van der Waals surface area contributed by atoms with Crippen LogP contribution in [-0.2, 0) is 4.79 Å². The summed E-state index contributed by atoms with van der Waals surface area (Å²) in [5.41, 5.74) is 0.629. The molecule has 2 aromatic carbocycles. The summed E-state index contributed by atoms with van der Waals surface area (Å²) < 4.78 is 16.3. The Kier molecular flexibility index (Phi) is 4.55. The second kappa shape index (κ2) is 6.67. The number of ether oxygens (including phenoxy) is 2. The molecule has 1 aromatic heterocycles. The number of hydrogen-bond acceptors (Lipinski definition) is 5. The lowest BCUT2D eigenvalue weighted by Gasteiger charge is -2.16. The van der Waals surface area contributed by atoms with Crippen molar-refractivity contribution < 1.29 is 18.7 Å². The van der Waals surface area contributed by atoms with E-state index in [1.54, 1.807) is 58.2 Å². The SMILES string of the molecule is COc1ccccc1-c1coc2cc(OC(=O)C(C)(C)C)ccc2c1=O. The third-order valence-electron chi connectivity index (χ3n) is 3.97. The highest BCUT2D eigenvalue weighted by Crippen LogP contribution is 2.29. The van der Waals surface area contributed by atoms with Gasteiger partial charge in [0.15, 0.2) is 0 Å². The Labute approximate surface area is 151 Å². The molecule has 26 heavy (non-hydrogen) atoms. The van der Waals surface area contributed by atoms with E-state index >= 15 is 0 Å². The summed E-state index contributed by atoms with van der Waals surface area (Å²) in [7, 11) is 1.55. The normalized spacial score (nSPS) is 11.4. The van der Waals surface area contributed by atoms with Gasteiger partial charge in [-0.05, 0) is 39.0 Å². The summed E-state index contributed by atoms with van der Waals surface area (Å²) >= 11 is 0. The number of esters is 1. The predicted octanol–water partition coefficient (Wildman–Crippen LogP) is 4.42. The number of fused-ring (bicyclic) bond motifs is 1. The average Bonchev–Trinajstić information content (AvgIpc) is 2.61. The van der Waals surface area contributed by atoms with Gasteiger partial charge in [-0.2, -0.15) is 0 Å². The van der Waals surface area contributed by atoms with Gasteiger partial charge in [-0.3, -0.25) is 9.59 Å². The molecule has 0 aliphatic carbocycles. The van der Waals surface area contributed by atoms with Gasteiger partial charge in [0.2, 0.25) is 5.43 Å². The van der Waals surface area contributed by atoms with Crippen molar-refractivity contribution in [3.05, 3.63) is 59.0 Å².